The van der Waals surface area contributed by atoms with E-state index in [-0.39, 0.29) is 11.9 Å². The van der Waals surface area contributed by atoms with Gasteiger partial charge in [0.15, 0.2) is 5.13 Å². The molecular weight excluding hydrogens is 310 g/mol. The minimum Gasteiger partial charge on any atom is -0.494 e. The first-order chi connectivity index (χ1) is 11.3. The largest absolute Gasteiger partial charge is 0.494 e. The Balaban J connectivity index is 1.51. The summed E-state index contributed by atoms with van der Waals surface area (Å²) in [6.45, 7) is 4.44. The van der Waals surface area contributed by atoms with E-state index in [9.17, 15) is 4.79 Å². The van der Waals surface area contributed by atoms with Gasteiger partial charge in [-0.3, -0.25) is 4.79 Å². The summed E-state index contributed by atoms with van der Waals surface area (Å²) in [7, 11) is 0. The monoisotopic (exact) mass is 331 g/mol. The number of hydrogen-bond donors (Lipinski definition) is 1. The summed E-state index contributed by atoms with van der Waals surface area (Å²) >= 11 is 1.66. The first kappa shape index (κ1) is 15.8. The molecule has 1 fully saturated rings. The molecule has 1 aromatic carbocycles. The summed E-state index contributed by atoms with van der Waals surface area (Å²) in [5, 5.41) is 6.19. The maximum Gasteiger partial charge on any atom is 0.251 e. The first-order valence-electron chi connectivity index (χ1n) is 7.94. The van der Waals surface area contributed by atoms with Crippen molar-refractivity contribution in [1.82, 2.24) is 10.3 Å². The summed E-state index contributed by atoms with van der Waals surface area (Å²) in [5.41, 5.74) is 0.677. The maximum atomic E-state index is 12.3. The predicted octanol–water partition coefficient (Wildman–Crippen LogP) is 2.94. The molecule has 2 heterocycles. The predicted molar refractivity (Wildman–Crippen MR) is 92.4 cm³/mol. The highest BCUT2D eigenvalue weighted by Gasteiger charge is 2.22. The van der Waals surface area contributed by atoms with Gasteiger partial charge in [0.25, 0.3) is 5.91 Å². The molecule has 0 spiro atoms. The zero-order valence-electron chi connectivity index (χ0n) is 13.2. The normalized spacial score (nSPS) is 15.4. The number of rotatable bonds is 5. The van der Waals surface area contributed by atoms with E-state index in [1.807, 2.05) is 42.8 Å². The average molecular weight is 331 g/mol. The molecular formula is C17H21N3O2S. The van der Waals surface area contributed by atoms with Crippen molar-refractivity contribution >= 4 is 22.4 Å². The quantitative estimate of drug-likeness (QED) is 0.915. The molecule has 1 N–H and O–H groups in total. The number of ether oxygens (including phenoxy) is 1. The van der Waals surface area contributed by atoms with Gasteiger partial charge in [-0.25, -0.2) is 4.98 Å². The van der Waals surface area contributed by atoms with Gasteiger partial charge in [0.05, 0.1) is 6.61 Å². The number of nitrogens with zero attached hydrogens (tertiary/aromatic N) is 2. The van der Waals surface area contributed by atoms with Gasteiger partial charge in [0.1, 0.15) is 5.75 Å². The molecule has 0 radical (unpaired) electrons. The number of carbonyl (C=O) groups excluding carboxylic acids is 1. The van der Waals surface area contributed by atoms with E-state index < -0.39 is 0 Å². The molecule has 23 heavy (non-hydrogen) atoms. The van der Waals surface area contributed by atoms with Crippen LogP contribution in [-0.4, -0.2) is 36.6 Å². The lowest BCUT2D eigenvalue weighted by Crippen LogP contribution is -2.44. The number of thiazole rings is 1. The van der Waals surface area contributed by atoms with E-state index in [2.05, 4.69) is 15.2 Å². The maximum absolute atomic E-state index is 12.3. The minimum atomic E-state index is -0.0132. The van der Waals surface area contributed by atoms with Crippen LogP contribution in [0.2, 0.25) is 0 Å². The van der Waals surface area contributed by atoms with E-state index in [1.165, 1.54) is 0 Å². The number of anilines is 1. The van der Waals surface area contributed by atoms with Crippen molar-refractivity contribution in [1.29, 1.82) is 0 Å². The smallest absolute Gasteiger partial charge is 0.251 e. The van der Waals surface area contributed by atoms with Crippen molar-refractivity contribution in [3.8, 4) is 5.75 Å². The second-order valence-corrected chi connectivity index (χ2v) is 6.38. The molecule has 122 valence electrons. The van der Waals surface area contributed by atoms with E-state index in [0.29, 0.717) is 12.2 Å². The van der Waals surface area contributed by atoms with Crippen LogP contribution in [0.15, 0.2) is 35.8 Å². The molecule has 0 aliphatic carbocycles. The second-order valence-electron chi connectivity index (χ2n) is 5.51. The van der Waals surface area contributed by atoms with Gasteiger partial charge >= 0.3 is 0 Å². The Labute approximate surface area is 140 Å². The van der Waals surface area contributed by atoms with Gasteiger partial charge in [0.2, 0.25) is 0 Å². The summed E-state index contributed by atoms with van der Waals surface area (Å²) < 4.78 is 5.40. The van der Waals surface area contributed by atoms with Gasteiger partial charge in [0, 0.05) is 36.3 Å². The van der Waals surface area contributed by atoms with Gasteiger partial charge in [-0.2, -0.15) is 0 Å². The third-order valence-corrected chi connectivity index (χ3v) is 4.78. The van der Waals surface area contributed by atoms with E-state index in [0.717, 1.165) is 36.8 Å². The third kappa shape index (κ3) is 4.01. The standard InChI is InChI=1S/C17H21N3O2S/c1-2-22-15-5-3-13(4-6-15)16(21)19-14-7-10-20(11-8-14)17-18-9-12-23-17/h3-6,9,12,14H,2,7-8,10-11H2,1H3,(H,19,21). The minimum absolute atomic E-state index is 0.0132. The van der Waals surface area contributed by atoms with Crippen LogP contribution >= 0.6 is 11.3 Å². The number of aromatic nitrogens is 1. The Kier molecular flexibility index (Phi) is 5.12. The Morgan fingerprint density at radius 1 is 1.35 bits per heavy atom. The molecule has 1 amide bonds. The molecule has 5 nitrogen and oxygen atoms in total. The molecule has 0 saturated carbocycles. The zero-order chi connectivity index (χ0) is 16.1. The SMILES string of the molecule is CCOc1ccc(C(=O)NC2CCN(c3nccs3)CC2)cc1. The zero-order valence-corrected chi connectivity index (χ0v) is 14.0. The van der Waals surface area contributed by atoms with Crippen LogP contribution in [0.5, 0.6) is 5.75 Å². The lowest BCUT2D eigenvalue weighted by Gasteiger charge is -2.32. The molecule has 3 rings (SSSR count). The molecule has 0 atom stereocenters. The fourth-order valence-electron chi connectivity index (χ4n) is 2.73. The highest BCUT2D eigenvalue weighted by atomic mass is 32.1. The number of hydrogen-bond acceptors (Lipinski definition) is 5. The summed E-state index contributed by atoms with van der Waals surface area (Å²) in [6.07, 6.45) is 3.73. The van der Waals surface area contributed by atoms with Crippen LogP contribution in [0, 0.1) is 0 Å². The first-order valence-corrected chi connectivity index (χ1v) is 8.82. The fraction of sp³-hybridized carbons (Fsp3) is 0.412. The Hall–Kier alpha value is -2.08. The number of benzene rings is 1. The van der Waals surface area contributed by atoms with Crippen molar-refractivity contribution in [3.05, 3.63) is 41.4 Å². The number of amides is 1. The van der Waals surface area contributed by atoms with Crippen LogP contribution in [0.25, 0.3) is 0 Å². The highest BCUT2D eigenvalue weighted by molar-refractivity contribution is 7.13. The molecule has 2 aromatic rings. The van der Waals surface area contributed by atoms with E-state index in [4.69, 9.17) is 4.74 Å². The lowest BCUT2D eigenvalue weighted by atomic mass is 10.0. The Morgan fingerprint density at radius 3 is 2.70 bits per heavy atom. The molecule has 1 saturated heterocycles. The van der Waals surface area contributed by atoms with Crippen molar-refractivity contribution in [2.45, 2.75) is 25.8 Å². The molecule has 0 bridgehead atoms. The number of carbonyl (C=O) groups is 1. The Bertz CT molecular complexity index is 620. The van der Waals surface area contributed by atoms with Crippen molar-refractivity contribution in [2.75, 3.05) is 24.6 Å². The summed E-state index contributed by atoms with van der Waals surface area (Å²) in [5.74, 6) is 0.779. The van der Waals surface area contributed by atoms with Gasteiger partial charge < -0.3 is 15.0 Å². The second kappa shape index (κ2) is 7.46. The summed E-state index contributed by atoms with van der Waals surface area (Å²) in [6, 6.07) is 7.52. The molecule has 1 aliphatic rings. The van der Waals surface area contributed by atoms with E-state index in [1.54, 1.807) is 11.3 Å². The van der Waals surface area contributed by atoms with Crippen LogP contribution in [0.4, 0.5) is 5.13 Å². The summed E-state index contributed by atoms with van der Waals surface area (Å²) in [4.78, 5) is 18.9. The average Bonchev–Trinajstić information content (AvgIpc) is 3.11. The topological polar surface area (TPSA) is 54.5 Å². The van der Waals surface area contributed by atoms with Crippen LogP contribution in [0.3, 0.4) is 0 Å². The Morgan fingerprint density at radius 2 is 2.09 bits per heavy atom. The van der Waals surface area contributed by atoms with Crippen LogP contribution in [0.1, 0.15) is 30.1 Å². The molecule has 1 aliphatic heterocycles. The number of nitrogens with one attached hydrogen (secondary N) is 1. The lowest BCUT2D eigenvalue weighted by molar-refractivity contribution is 0.0931. The third-order valence-electron chi connectivity index (χ3n) is 3.95. The number of piperidine rings is 1. The highest BCUT2D eigenvalue weighted by Crippen LogP contribution is 2.22. The fourth-order valence-corrected chi connectivity index (χ4v) is 3.42. The van der Waals surface area contributed by atoms with Crippen LogP contribution in [-0.2, 0) is 0 Å². The molecule has 1 aromatic heterocycles. The van der Waals surface area contributed by atoms with Gasteiger partial charge in [-0.15, -0.1) is 11.3 Å². The van der Waals surface area contributed by atoms with Crippen molar-refractivity contribution in [2.24, 2.45) is 0 Å². The van der Waals surface area contributed by atoms with E-state index >= 15 is 0 Å². The van der Waals surface area contributed by atoms with Gasteiger partial charge in [-0.05, 0) is 44.0 Å². The molecule has 0 unspecified atom stereocenters. The van der Waals surface area contributed by atoms with Crippen molar-refractivity contribution in [3.63, 3.8) is 0 Å². The molecule has 6 heteroatoms. The van der Waals surface area contributed by atoms with Gasteiger partial charge in [-0.1, -0.05) is 0 Å². The van der Waals surface area contributed by atoms with Crippen LogP contribution < -0.4 is 15.0 Å². The van der Waals surface area contributed by atoms with Crippen molar-refractivity contribution < 1.29 is 9.53 Å².